The predicted octanol–water partition coefficient (Wildman–Crippen LogP) is 3.22. The molecule has 158 valence electrons. The van der Waals surface area contributed by atoms with Gasteiger partial charge >= 0.3 is 0 Å². The fourth-order valence-corrected chi connectivity index (χ4v) is 3.94. The van der Waals surface area contributed by atoms with Gasteiger partial charge in [-0.3, -0.25) is 14.4 Å². The van der Waals surface area contributed by atoms with E-state index in [4.69, 9.17) is 0 Å². The zero-order chi connectivity index (χ0) is 21.5. The first-order valence-electron chi connectivity index (χ1n) is 10.5. The number of piperidine rings is 1. The number of nitrogens with one attached hydrogen (secondary N) is 1. The van der Waals surface area contributed by atoms with Crippen LogP contribution in [0.15, 0.2) is 60.2 Å². The van der Waals surface area contributed by atoms with Crippen molar-refractivity contribution in [3.63, 3.8) is 0 Å². The van der Waals surface area contributed by atoms with Crippen molar-refractivity contribution >= 4 is 11.8 Å². The van der Waals surface area contributed by atoms with Crippen LogP contribution in [-0.4, -0.2) is 40.4 Å². The SMILES string of the molecule is C=CCNC(=O)c1cn(Cc2ccccc2)cc(C(=O)N2CCCCC2CC)c1=O. The highest BCUT2D eigenvalue weighted by molar-refractivity contribution is 5.99. The maximum Gasteiger partial charge on any atom is 0.259 e. The minimum absolute atomic E-state index is 0.0244. The van der Waals surface area contributed by atoms with Crippen LogP contribution in [0.2, 0.25) is 0 Å². The molecule has 2 amide bonds. The predicted molar refractivity (Wildman–Crippen MR) is 118 cm³/mol. The summed E-state index contributed by atoms with van der Waals surface area (Å²) in [5, 5.41) is 2.65. The largest absolute Gasteiger partial charge is 0.348 e. The lowest BCUT2D eigenvalue weighted by Crippen LogP contribution is -2.45. The van der Waals surface area contributed by atoms with Gasteiger partial charge in [0.25, 0.3) is 11.8 Å². The van der Waals surface area contributed by atoms with Gasteiger partial charge in [0.05, 0.1) is 0 Å². The van der Waals surface area contributed by atoms with Crippen LogP contribution in [0.5, 0.6) is 0 Å². The number of hydrogen-bond acceptors (Lipinski definition) is 3. The Labute approximate surface area is 177 Å². The van der Waals surface area contributed by atoms with Crippen LogP contribution in [0.1, 0.15) is 58.9 Å². The van der Waals surface area contributed by atoms with Gasteiger partial charge in [-0.25, -0.2) is 0 Å². The second kappa shape index (κ2) is 10.1. The molecular weight excluding hydrogens is 378 g/mol. The first-order chi connectivity index (χ1) is 14.5. The number of hydrogen-bond donors (Lipinski definition) is 1. The van der Waals surface area contributed by atoms with E-state index in [-0.39, 0.29) is 29.6 Å². The van der Waals surface area contributed by atoms with Gasteiger partial charge in [-0.1, -0.05) is 43.3 Å². The van der Waals surface area contributed by atoms with E-state index in [0.29, 0.717) is 13.1 Å². The third-order valence-electron chi connectivity index (χ3n) is 5.53. The molecule has 0 bridgehead atoms. The molecule has 1 aliphatic heterocycles. The van der Waals surface area contributed by atoms with Gasteiger partial charge in [0.15, 0.2) is 0 Å². The average molecular weight is 408 g/mol. The molecule has 1 aliphatic rings. The number of carbonyl (C=O) groups excluding carboxylic acids is 2. The number of nitrogens with zero attached hydrogens (tertiary/aromatic N) is 2. The van der Waals surface area contributed by atoms with Crippen LogP contribution >= 0.6 is 0 Å². The maximum atomic E-state index is 13.3. The maximum absolute atomic E-state index is 13.3. The molecule has 6 heteroatoms. The molecule has 1 aromatic carbocycles. The number of carbonyl (C=O) groups is 2. The highest BCUT2D eigenvalue weighted by Crippen LogP contribution is 2.21. The van der Waals surface area contributed by atoms with Crippen molar-refractivity contribution in [2.45, 2.75) is 45.2 Å². The van der Waals surface area contributed by atoms with Crippen molar-refractivity contribution in [3.8, 4) is 0 Å². The summed E-state index contributed by atoms with van der Waals surface area (Å²) < 4.78 is 1.75. The third-order valence-corrected chi connectivity index (χ3v) is 5.53. The van der Waals surface area contributed by atoms with E-state index in [1.165, 1.54) is 6.20 Å². The zero-order valence-corrected chi connectivity index (χ0v) is 17.5. The van der Waals surface area contributed by atoms with E-state index in [0.717, 1.165) is 31.2 Å². The summed E-state index contributed by atoms with van der Waals surface area (Å²) in [6, 6.07) is 9.86. The third kappa shape index (κ3) is 4.87. The summed E-state index contributed by atoms with van der Waals surface area (Å²) in [5.41, 5.74) is 0.522. The topological polar surface area (TPSA) is 71.4 Å². The summed E-state index contributed by atoms with van der Waals surface area (Å²) in [7, 11) is 0. The first-order valence-corrected chi connectivity index (χ1v) is 10.5. The molecule has 2 heterocycles. The highest BCUT2D eigenvalue weighted by atomic mass is 16.2. The van der Waals surface area contributed by atoms with Crippen molar-refractivity contribution in [3.05, 3.63) is 82.3 Å². The molecule has 30 heavy (non-hydrogen) atoms. The number of likely N-dealkylation sites (tertiary alicyclic amines) is 1. The van der Waals surface area contributed by atoms with Gasteiger partial charge in [0.1, 0.15) is 11.1 Å². The van der Waals surface area contributed by atoms with Gasteiger partial charge in [-0.2, -0.15) is 0 Å². The van der Waals surface area contributed by atoms with Gasteiger partial charge in [-0.15, -0.1) is 6.58 Å². The summed E-state index contributed by atoms with van der Waals surface area (Å²) in [6.07, 6.45) is 8.48. The van der Waals surface area contributed by atoms with Crippen LogP contribution < -0.4 is 10.7 Å². The Kier molecular flexibility index (Phi) is 7.22. The zero-order valence-electron chi connectivity index (χ0n) is 17.5. The van der Waals surface area contributed by atoms with E-state index in [2.05, 4.69) is 18.8 Å². The molecular formula is C24H29N3O3. The monoisotopic (exact) mass is 407 g/mol. The lowest BCUT2D eigenvalue weighted by atomic mass is 9.98. The Balaban J connectivity index is 2.02. The molecule has 6 nitrogen and oxygen atoms in total. The molecule has 3 rings (SSSR count). The highest BCUT2D eigenvalue weighted by Gasteiger charge is 2.29. The summed E-state index contributed by atoms with van der Waals surface area (Å²) in [4.78, 5) is 40.9. The van der Waals surface area contributed by atoms with Crippen LogP contribution in [0.25, 0.3) is 0 Å². The fourth-order valence-electron chi connectivity index (χ4n) is 3.94. The van der Waals surface area contributed by atoms with Crippen molar-refractivity contribution in [1.29, 1.82) is 0 Å². The minimum atomic E-state index is -0.522. The molecule has 1 N–H and O–H groups in total. The van der Waals surface area contributed by atoms with Crippen molar-refractivity contribution in [2.24, 2.45) is 0 Å². The lowest BCUT2D eigenvalue weighted by molar-refractivity contribution is 0.0605. The molecule has 0 aliphatic carbocycles. The lowest BCUT2D eigenvalue weighted by Gasteiger charge is -2.35. The van der Waals surface area contributed by atoms with Crippen LogP contribution in [0.3, 0.4) is 0 Å². The van der Waals surface area contributed by atoms with Gasteiger partial charge in [-0.05, 0) is 31.2 Å². The van der Waals surface area contributed by atoms with Crippen molar-refractivity contribution < 1.29 is 9.59 Å². The van der Waals surface area contributed by atoms with E-state index in [1.807, 2.05) is 30.3 Å². The standard InChI is InChI=1S/C24H29N3O3/c1-3-13-25-23(29)20-16-26(15-18-10-6-5-7-11-18)17-21(22(20)28)24(30)27-14-9-8-12-19(27)4-2/h3,5-7,10-11,16-17,19H,1,4,8-9,12-15H2,2H3,(H,25,29). The number of amides is 2. The Morgan fingerprint density at radius 3 is 2.60 bits per heavy atom. The van der Waals surface area contributed by atoms with Crippen LogP contribution in [-0.2, 0) is 6.54 Å². The molecule has 1 atom stereocenters. The molecule has 0 spiro atoms. The smallest absolute Gasteiger partial charge is 0.259 e. The summed E-state index contributed by atoms with van der Waals surface area (Å²) in [6.45, 7) is 7.00. The summed E-state index contributed by atoms with van der Waals surface area (Å²) >= 11 is 0. The van der Waals surface area contributed by atoms with Gasteiger partial charge in [0.2, 0.25) is 5.43 Å². The van der Waals surface area contributed by atoms with Gasteiger partial charge in [0, 0.05) is 38.1 Å². The molecule has 2 aromatic rings. The number of aromatic nitrogens is 1. The first kappa shape index (κ1) is 21.6. The molecule has 1 aromatic heterocycles. The molecule has 1 fully saturated rings. The summed E-state index contributed by atoms with van der Waals surface area (Å²) in [5.74, 6) is -0.784. The normalized spacial score (nSPS) is 16.2. The molecule has 1 unspecified atom stereocenters. The van der Waals surface area contributed by atoms with Gasteiger partial charge < -0.3 is 14.8 Å². The number of pyridine rings is 1. The molecule has 0 saturated carbocycles. The Bertz CT molecular complexity index is 965. The molecule has 1 saturated heterocycles. The number of benzene rings is 1. The van der Waals surface area contributed by atoms with Crippen molar-refractivity contribution in [1.82, 2.24) is 14.8 Å². The van der Waals surface area contributed by atoms with Crippen LogP contribution in [0.4, 0.5) is 0 Å². The Morgan fingerprint density at radius 2 is 1.90 bits per heavy atom. The van der Waals surface area contributed by atoms with Crippen LogP contribution in [0, 0.1) is 0 Å². The molecule has 0 radical (unpaired) electrons. The number of rotatable bonds is 7. The average Bonchev–Trinajstić information content (AvgIpc) is 2.78. The second-order valence-electron chi connectivity index (χ2n) is 7.63. The van der Waals surface area contributed by atoms with E-state index in [9.17, 15) is 14.4 Å². The van der Waals surface area contributed by atoms with Crippen molar-refractivity contribution in [2.75, 3.05) is 13.1 Å². The van der Waals surface area contributed by atoms with E-state index >= 15 is 0 Å². The minimum Gasteiger partial charge on any atom is -0.348 e. The van der Waals surface area contributed by atoms with E-state index in [1.54, 1.807) is 21.7 Å². The quantitative estimate of drug-likeness (QED) is 0.717. The fraction of sp³-hybridized carbons (Fsp3) is 0.375. The second-order valence-corrected chi connectivity index (χ2v) is 7.63. The Hall–Kier alpha value is -3.15. The van der Waals surface area contributed by atoms with E-state index < -0.39 is 11.3 Å². The Morgan fingerprint density at radius 1 is 1.17 bits per heavy atom.